The van der Waals surface area contributed by atoms with Crippen molar-refractivity contribution in [3.63, 3.8) is 0 Å². The second-order valence-corrected chi connectivity index (χ2v) is 6.34. The highest BCUT2D eigenvalue weighted by Crippen LogP contribution is 2.20. The van der Waals surface area contributed by atoms with Gasteiger partial charge in [0.05, 0.1) is 0 Å². The quantitative estimate of drug-likeness (QED) is 0.840. The SMILES string of the molecule is CO[C@H](C(=O)N1CCCN(Cc2ccncc2)CC1)c1ccccc1. The van der Waals surface area contributed by atoms with Gasteiger partial charge in [-0.1, -0.05) is 30.3 Å². The van der Waals surface area contributed by atoms with E-state index < -0.39 is 6.10 Å². The number of benzene rings is 1. The maximum atomic E-state index is 12.9. The van der Waals surface area contributed by atoms with E-state index in [0.717, 1.165) is 44.7 Å². The molecule has 0 bridgehead atoms. The number of aromatic nitrogens is 1. The molecule has 2 aromatic rings. The van der Waals surface area contributed by atoms with Gasteiger partial charge >= 0.3 is 0 Å². The van der Waals surface area contributed by atoms with Gasteiger partial charge in [0.2, 0.25) is 0 Å². The van der Waals surface area contributed by atoms with E-state index in [9.17, 15) is 4.79 Å². The molecule has 1 aliphatic heterocycles. The van der Waals surface area contributed by atoms with E-state index in [0.29, 0.717) is 0 Å². The molecule has 5 heteroatoms. The monoisotopic (exact) mass is 339 g/mol. The van der Waals surface area contributed by atoms with Crippen LogP contribution >= 0.6 is 0 Å². The van der Waals surface area contributed by atoms with Gasteiger partial charge in [0.25, 0.3) is 5.91 Å². The van der Waals surface area contributed by atoms with Crippen molar-refractivity contribution in [3.05, 3.63) is 66.0 Å². The number of hydrogen-bond donors (Lipinski definition) is 0. The fourth-order valence-corrected chi connectivity index (χ4v) is 3.27. The van der Waals surface area contributed by atoms with Gasteiger partial charge in [0, 0.05) is 52.2 Å². The first kappa shape index (κ1) is 17.6. The zero-order valence-corrected chi connectivity index (χ0v) is 14.7. The van der Waals surface area contributed by atoms with Gasteiger partial charge in [-0.05, 0) is 29.7 Å². The summed E-state index contributed by atoms with van der Waals surface area (Å²) in [5.74, 6) is 0.0551. The molecule has 1 aliphatic rings. The highest BCUT2D eigenvalue weighted by atomic mass is 16.5. The van der Waals surface area contributed by atoms with Gasteiger partial charge in [-0.2, -0.15) is 0 Å². The molecule has 0 saturated carbocycles. The third-order valence-electron chi connectivity index (χ3n) is 4.62. The number of pyridine rings is 1. The molecule has 3 rings (SSSR count). The van der Waals surface area contributed by atoms with E-state index in [4.69, 9.17) is 4.74 Å². The molecular weight excluding hydrogens is 314 g/mol. The highest BCUT2D eigenvalue weighted by molar-refractivity contribution is 5.82. The smallest absolute Gasteiger partial charge is 0.256 e. The van der Waals surface area contributed by atoms with Crippen LogP contribution in [0.15, 0.2) is 54.9 Å². The second kappa shape index (κ2) is 8.74. The van der Waals surface area contributed by atoms with Crippen molar-refractivity contribution in [3.8, 4) is 0 Å². The van der Waals surface area contributed by atoms with Crippen molar-refractivity contribution in [2.45, 2.75) is 19.1 Å². The summed E-state index contributed by atoms with van der Waals surface area (Å²) in [4.78, 5) is 21.3. The minimum absolute atomic E-state index is 0.0551. The Morgan fingerprint density at radius 2 is 1.84 bits per heavy atom. The van der Waals surface area contributed by atoms with Crippen LogP contribution in [0.5, 0.6) is 0 Å². The molecule has 2 heterocycles. The summed E-state index contributed by atoms with van der Waals surface area (Å²) < 4.78 is 5.50. The molecule has 132 valence electrons. The van der Waals surface area contributed by atoms with Gasteiger partial charge in [0.1, 0.15) is 0 Å². The number of hydrogen-bond acceptors (Lipinski definition) is 4. The van der Waals surface area contributed by atoms with Crippen molar-refractivity contribution in [1.82, 2.24) is 14.8 Å². The van der Waals surface area contributed by atoms with Crippen LogP contribution in [0.1, 0.15) is 23.7 Å². The lowest BCUT2D eigenvalue weighted by atomic mass is 10.1. The predicted molar refractivity (Wildman–Crippen MR) is 96.9 cm³/mol. The first-order chi connectivity index (χ1) is 12.3. The maximum absolute atomic E-state index is 12.9. The number of nitrogens with zero attached hydrogens (tertiary/aromatic N) is 3. The lowest BCUT2D eigenvalue weighted by Gasteiger charge is -2.26. The largest absolute Gasteiger partial charge is 0.367 e. The lowest BCUT2D eigenvalue weighted by Crippen LogP contribution is -2.38. The fourth-order valence-electron chi connectivity index (χ4n) is 3.27. The average Bonchev–Trinajstić information content (AvgIpc) is 2.90. The number of ether oxygens (including phenoxy) is 1. The van der Waals surface area contributed by atoms with Crippen LogP contribution in [-0.4, -0.2) is 54.0 Å². The molecule has 25 heavy (non-hydrogen) atoms. The zero-order chi connectivity index (χ0) is 17.5. The Kier molecular flexibility index (Phi) is 6.14. The van der Waals surface area contributed by atoms with E-state index in [1.807, 2.05) is 59.8 Å². The third-order valence-corrected chi connectivity index (χ3v) is 4.62. The van der Waals surface area contributed by atoms with Gasteiger partial charge < -0.3 is 9.64 Å². The molecule has 0 aliphatic carbocycles. The summed E-state index contributed by atoms with van der Waals surface area (Å²) in [7, 11) is 1.60. The molecule has 1 fully saturated rings. The maximum Gasteiger partial charge on any atom is 0.256 e. The summed E-state index contributed by atoms with van der Waals surface area (Å²) in [5, 5.41) is 0. The summed E-state index contributed by atoms with van der Waals surface area (Å²) in [5.41, 5.74) is 2.17. The number of amides is 1. The second-order valence-electron chi connectivity index (χ2n) is 6.34. The Morgan fingerprint density at radius 3 is 2.56 bits per heavy atom. The molecule has 0 spiro atoms. The van der Waals surface area contributed by atoms with Crippen LogP contribution < -0.4 is 0 Å². The normalized spacial score (nSPS) is 17.1. The summed E-state index contributed by atoms with van der Waals surface area (Å²) in [6.45, 7) is 4.28. The van der Waals surface area contributed by atoms with E-state index in [1.54, 1.807) is 7.11 Å². The molecular formula is C20H25N3O2. The Hall–Kier alpha value is -2.24. The summed E-state index contributed by atoms with van der Waals surface area (Å²) >= 11 is 0. The molecule has 0 N–H and O–H groups in total. The highest BCUT2D eigenvalue weighted by Gasteiger charge is 2.27. The standard InChI is InChI=1S/C20H25N3O2/c1-25-19(18-6-3-2-4-7-18)20(24)23-13-5-12-22(14-15-23)16-17-8-10-21-11-9-17/h2-4,6-11,19H,5,12-16H2,1H3/t19-/m0/s1. The Labute approximate surface area is 149 Å². The van der Waals surface area contributed by atoms with Gasteiger partial charge in [-0.25, -0.2) is 0 Å². The van der Waals surface area contributed by atoms with Crippen molar-refractivity contribution in [1.29, 1.82) is 0 Å². The van der Waals surface area contributed by atoms with Crippen molar-refractivity contribution in [2.24, 2.45) is 0 Å². The summed E-state index contributed by atoms with van der Waals surface area (Å²) in [6.07, 6.45) is 4.10. The molecule has 1 amide bonds. The van der Waals surface area contributed by atoms with Crippen molar-refractivity contribution in [2.75, 3.05) is 33.3 Å². The van der Waals surface area contributed by atoms with Gasteiger partial charge in [-0.3, -0.25) is 14.7 Å². The van der Waals surface area contributed by atoms with Crippen LogP contribution in [0.3, 0.4) is 0 Å². The first-order valence-electron chi connectivity index (χ1n) is 8.75. The minimum atomic E-state index is -0.520. The summed E-state index contributed by atoms with van der Waals surface area (Å²) in [6, 6.07) is 13.8. The number of rotatable bonds is 5. The van der Waals surface area contributed by atoms with Gasteiger partial charge in [0.15, 0.2) is 6.10 Å². The molecule has 0 radical (unpaired) electrons. The molecule has 1 aromatic carbocycles. The van der Waals surface area contributed by atoms with Crippen LogP contribution in [0.4, 0.5) is 0 Å². The molecule has 1 saturated heterocycles. The van der Waals surface area contributed by atoms with Crippen LogP contribution in [0.2, 0.25) is 0 Å². The van der Waals surface area contributed by atoms with E-state index in [2.05, 4.69) is 9.88 Å². The zero-order valence-electron chi connectivity index (χ0n) is 14.7. The van der Waals surface area contributed by atoms with Gasteiger partial charge in [-0.15, -0.1) is 0 Å². The van der Waals surface area contributed by atoms with Crippen molar-refractivity contribution < 1.29 is 9.53 Å². The van der Waals surface area contributed by atoms with E-state index in [-0.39, 0.29) is 5.91 Å². The Balaban J connectivity index is 1.61. The number of methoxy groups -OCH3 is 1. The molecule has 1 aromatic heterocycles. The lowest BCUT2D eigenvalue weighted by molar-refractivity contribution is -0.142. The van der Waals surface area contributed by atoms with Crippen molar-refractivity contribution >= 4 is 5.91 Å². The average molecular weight is 339 g/mol. The van der Waals surface area contributed by atoms with E-state index in [1.165, 1.54) is 5.56 Å². The first-order valence-corrected chi connectivity index (χ1v) is 8.75. The minimum Gasteiger partial charge on any atom is -0.367 e. The predicted octanol–water partition coefficient (Wildman–Crippen LogP) is 2.50. The fraction of sp³-hybridized carbons (Fsp3) is 0.400. The Bertz CT molecular complexity index is 663. The number of carbonyl (C=O) groups is 1. The van der Waals surface area contributed by atoms with E-state index >= 15 is 0 Å². The van der Waals surface area contributed by atoms with Crippen LogP contribution in [0.25, 0.3) is 0 Å². The topological polar surface area (TPSA) is 45.7 Å². The van der Waals surface area contributed by atoms with Crippen LogP contribution in [-0.2, 0) is 16.1 Å². The molecule has 5 nitrogen and oxygen atoms in total. The Morgan fingerprint density at radius 1 is 1.08 bits per heavy atom. The molecule has 1 atom stereocenters. The molecule has 0 unspecified atom stereocenters. The van der Waals surface area contributed by atoms with Crippen LogP contribution in [0, 0.1) is 0 Å². The number of carbonyl (C=O) groups excluding carboxylic acids is 1. The third kappa shape index (κ3) is 4.65.